The molecule has 0 aromatic heterocycles. The number of fused-ring (bicyclic) bond motifs is 6. The van der Waals surface area contributed by atoms with Gasteiger partial charge in [0.15, 0.2) is 0 Å². The molecule has 0 bridgehead atoms. The highest BCUT2D eigenvalue weighted by molar-refractivity contribution is 6.46. The molecular weight excluding hydrogens is 456 g/mol. The van der Waals surface area contributed by atoms with Crippen molar-refractivity contribution in [2.75, 3.05) is 0 Å². The molecule has 174 valence electrons. The lowest BCUT2D eigenvalue weighted by Gasteiger charge is -2.15. The zero-order chi connectivity index (χ0) is 24.8. The van der Waals surface area contributed by atoms with E-state index in [-0.39, 0.29) is 0 Å². The van der Waals surface area contributed by atoms with E-state index in [4.69, 9.17) is 0 Å². The monoisotopic (exact) mass is 478 g/mol. The first-order valence-electron chi connectivity index (χ1n) is 13.3. The van der Waals surface area contributed by atoms with Crippen LogP contribution in [0.2, 0.25) is 0 Å². The van der Waals surface area contributed by atoms with Gasteiger partial charge in [0, 0.05) is 0 Å². The maximum Gasteiger partial charge on any atom is -0.000719 e. The molecule has 0 aliphatic rings. The van der Waals surface area contributed by atoms with Gasteiger partial charge >= 0.3 is 0 Å². The fourth-order valence-electron chi connectivity index (χ4n) is 7.13. The minimum atomic E-state index is 1.27. The van der Waals surface area contributed by atoms with Crippen molar-refractivity contribution in [2.45, 2.75) is 0 Å². The molecule has 38 heavy (non-hydrogen) atoms. The highest BCUT2D eigenvalue weighted by Gasteiger charge is 2.26. The van der Waals surface area contributed by atoms with E-state index in [1.54, 1.807) is 0 Å². The SMILES string of the molecule is c1ccc(-c2c3c4cccc5cccc(c3c(-c3ccccc3)c3c6cccc7cccc(c23)c76)c54)cc1. The van der Waals surface area contributed by atoms with Gasteiger partial charge in [-0.05, 0) is 86.9 Å². The van der Waals surface area contributed by atoms with Crippen molar-refractivity contribution in [1.82, 2.24) is 0 Å². The zero-order valence-electron chi connectivity index (χ0n) is 20.7. The fourth-order valence-corrected chi connectivity index (χ4v) is 7.13. The fraction of sp³-hybridized carbons (Fsp3) is 0. The van der Waals surface area contributed by atoms with Gasteiger partial charge in [-0.15, -0.1) is 0 Å². The Morgan fingerprint density at radius 2 is 0.553 bits per heavy atom. The number of hydrogen-bond acceptors (Lipinski definition) is 0. The topological polar surface area (TPSA) is 0 Å². The largest absolute Gasteiger partial charge is 0.0622 e. The van der Waals surface area contributed by atoms with Crippen molar-refractivity contribution in [1.29, 1.82) is 0 Å². The van der Waals surface area contributed by atoms with Gasteiger partial charge in [-0.3, -0.25) is 0 Å². The molecule has 0 heteroatoms. The average molecular weight is 479 g/mol. The number of rotatable bonds is 2. The average Bonchev–Trinajstić information content (AvgIpc) is 3.49. The van der Waals surface area contributed by atoms with Gasteiger partial charge in [-0.25, -0.2) is 0 Å². The molecule has 0 nitrogen and oxygen atoms in total. The smallest absolute Gasteiger partial charge is 0.000719 e. The van der Waals surface area contributed by atoms with Crippen LogP contribution in [0.5, 0.6) is 0 Å². The van der Waals surface area contributed by atoms with Gasteiger partial charge in [0.05, 0.1) is 0 Å². The van der Waals surface area contributed by atoms with Gasteiger partial charge in [-0.2, -0.15) is 0 Å². The minimum Gasteiger partial charge on any atom is -0.0622 e. The summed E-state index contributed by atoms with van der Waals surface area (Å²) >= 11 is 0. The van der Waals surface area contributed by atoms with E-state index < -0.39 is 0 Å². The van der Waals surface area contributed by atoms with E-state index in [2.05, 4.69) is 133 Å². The highest BCUT2D eigenvalue weighted by Crippen LogP contribution is 2.55. The third-order valence-electron chi connectivity index (χ3n) is 8.51. The summed E-state index contributed by atoms with van der Waals surface area (Å²) in [7, 11) is 0. The highest BCUT2D eigenvalue weighted by atomic mass is 14.3. The molecule has 0 saturated carbocycles. The summed E-state index contributed by atoms with van der Waals surface area (Å²) in [5.74, 6) is 0. The van der Waals surface area contributed by atoms with Gasteiger partial charge in [0.2, 0.25) is 0 Å². The first kappa shape index (κ1) is 20.2. The summed E-state index contributed by atoms with van der Waals surface area (Å²) in [6.45, 7) is 0. The van der Waals surface area contributed by atoms with Crippen LogP contribution < -0.4 is 0 Å². The van der Waals surface area contributed by atoms with Gasteiger partial charge in [0.1, 0.15) is 0 Å². The third-order valence-corrected chi connectivity index (χ3v) is 8.51. The van der Waals surface area contributed by atoms with E-state index in [9.17, 15) is 0 Å². The van der Waals surface area contributed by atoms with E-state index in [0.717, 1.165) is 0 Å². The van der Waals surface area contributed by atoms with E-state index in [0.29, 0.717) is 0 Å². The van der Waals surface area contributed by atoms with Crippen LogP contribution in [0.15, 0.2) is 133 Å². The van der Waals surface area contributed by atoms with Crippen LogP contribution in [0.1, 0.15) is 0 Å². The summed E-state index contributed by atoms with van der Waals surface area (Å²) < 4.78 is 0. The Balaban J connectivity index is 1.73. The van der Waals surface area contributed by atoms with E-state index >= 15 is 0 Å². The Morgan fingerprint density at radius 3 is 0.868 bits per heavy atom. The molecule has 9 aromatic rings. The van der Waals surface area contributed by atoms with Crippen LogP contribution in [0.3, 0.4) is 0 Å². The Hall–Kier alpha value is -4.94. The van der Waals surface area contributed by atoms with Crippen LogP contribution in [-0.4, -0.2) is 0 Å². The quantitative estimate of drug-likeness (QED) is 0.232. The lowest BCUT2D eigenvalue weighted by Crippen LogP contribution is -1.87. The molecule has 9 rings (SSSR count). The third kappa shape index (κ3) is 2.45. The zero-order valence-corrected chi connectivity index (χ0v) is 20.7. The molecule has 0 saturated heterocycles. The van der Waals surface area contributed by atoms with Crippen molar-refractivity contribution >= 4 is 64.6 Å². The summed E-state index contributed by atoms with van der Waals surface area (Å²) in [5.41, 5.74) is 5.24. The van der Waals surface area contributed by atoms with Gasteiger partial charge in [0.25, 0.3) is 0 Å². The molecule has 0 spiro atoms. The van der Waals surface area contributed by atoms with E-state index in [1.165, 1.54) is 86.9 Å². The first-order valence-corrected chi connectivity index (χ1v) is 13.3. The Bertz CT molecular complexity index is 2020. The molecule has 0 N–H and O–H groups in total. The maximum absolute atomic E-state index is 2.33. The maximum atomic E-state index is 2.33. The number of hydrogen-bond donors (Lipinski definition) is 0. The van der Waals surface area contributed by atoms with E-state index in [1.807, 2.05) is 0 Å². The summed E-state index contributed by atoms with van der Waals surface area (Å²) in [6.07, 6.45) is 0. The minimum absolute atomic E-state index is 1.27. The van der Waals surface area contributed by atoms with Crippen molar-refractivity contribution in [3.05, 3.63) is 133 Å². The van der Waals surface area contributed by atoms with Crippen molar-refractivity contribution < 1.29 is 0 Å². The standard InChI is InChI=1S/C38H22/c1-3-11-25(12-4-1)33-35-27-19-7-15-23-17-9-21-29(31(23)27)37(35)34(26-13-5-2-6-14-26)38-30-22-10-18-24-16-8-20-28(32(24)30)36(33)38/h1-22H. The lowest BCUT2D eigenvalue weighted by atomic mass is 9.87. The second-order valence-electron chi connectivity index (χ2n) is 10.4. The molecule has 0 radical (unpaired) electrons. The molecular formula is C38H22. The molecule has 0 aliphatic heterocycles. The first-order chi connectivity index (χ1) is 18.9. The van der Waals surface area contributed by atoms with Gasteiger partial charge < -0.3 is 0 Å². The Kier molecular flexibility index (Phi) is 3.88. The molecule has 0 atom stereocenters. The molecule has 0 fully saturated rings. The summed E-state index contributed by atoms with van der Waals surface area (Å²) in [6, 6.07) is 49.2. The second kappa shape index (κ2) is 7.31. The molecule has 0 aliphatic carbocycles. The van der Waals surface area contributed by atoms with Crippen molar-refractivity contribution in [3.8, 4) is 22.3 Å². The summed E-state index contributed by atoms with van der Waals surface area (Å²) in [5, 5.41) is 16.2. The molecule has 0 heterocycles. The van der Waals surface area contributed by atoms with Crippen LogP contribution in [0.25, 0.3) is 86.9 Å². The van der Waals surface area contributed by atoms with Crippen LogP contribution in [-0.2, 0) is 0 Å². The normalized spacial score (nSPS) is 12.2. The Labute approximate surface area is 220 Å². The van der Waals surface area contributed by atoms with Crippen molar-refractivity contribution in [2.24, 2.45) is 0 Å². The lowest BCUT2D eigenvalue weighted by molar-refractivity contribution is 1.68. The van der Waals surface area contributed by atoms with Crippen LogP contribution >= 0.6 is 0 Å². The second-order valence-corrected chi connectivity index (χ2v) is 10.4. The van der Waals surface area contributed by atoms with Crippen molar-refractivity contribution in [3.63, 3.8) is 0 Å². The number of benzene rings is 7. The van der Waals surface area contributed by atoms with Crippen LogP contribution in [0.4, 0.5) is 0 Å². The van der Waals surface area contributed by atoms with Crippen LogP contribution in [0, 0.1) is 0 Å². The van der Waals surface area contributed by atoms with Gasteiger partial charge in [-0.1, -0.05) is 133 Å². The molecule has 0 amide bonds. The molecule has 9 aromatic carbocycles. The summed E-state index contributed by atoms with van der Waals surface area (Å²) in [4.78, 5) is 0. The predicted molar refractivity (Wildman–Crippen MR) is 165 cm³/mol. The Morgan fingerprint density at radius 1 is 0.237 bits per heavy atom. The molecule has 0 unspecified atom stereocenters. The predicted octanol–water partition coefficient (Wildman–Crippen LogP) is 10.8.